The number of nitrogens with zero attached hydrogens (tertiary/aromatic N) is 5. The molecule has 1 unspecified atom stereocenters. The monoisotopic (exact) mass is 553 g/mol. The zero-order valence-corrected chi connectivity index (χ0v) is 22.7. The van der Waals surface area contributed by atoms with Crippen LogP contribution in [0.3, 0.4) is 0 Å². The molecule has 0 amide bonds. The smallest absolute Gasteiger partial charge is 0.270 e. The lowest BCUT2D eigenvalue weighted by Crippen LogP contribution is -2.32. The van der Waals surface area contributed by atoms with E-state index in [-0.39, 0.29) is 5.56 Å². The summed E-state index contributed by atoms with van der Waals surface area (Å²) in [4.78, 5) is 4.64. The molecule has 3 aromatic heterocycles. The maximum Gasteiger partial charge on any atom is 0.270 e. The van der Waals surface area contributed by atoms with Crippen LogP contribution in [0.2, 0.25) is 5.02 Å². The molecule has 5 rings (SSSR count). The Morgan fingerprint density at radius 2 is 1.79 bits per heavy atom. The van der Waals surface area contributed by atoms with Crippen LogP contribution in [-0.2, 0) is 25.0 Å². The van der Waals surface area contributed by atoms with Gasteiger partial charge in [-0.15, -0.1) is 5.10 Å². The van der Waals surface area contributed by atoms with Gasteiger partial charge in [0.2, 0.25) is 5.88 Å². The maximum atomic E-state index is 13.7. The van der Waals surface area contributed by atoms with E-state index in [0.29, 0.717) is 62.1 Å². The van der Waals surface area contributed by atoms with E-state index in [2.05, 4.69) is 20.5 Å². The molecule has 0 aliphatic carbocycles. The van der Waals surface area contributed by atoms with Gasteiger partial charge in [-0.3, -0.25) is 0 Å². The molecule has 0 fully saturated rings. The van der Waals surface area contributed by atoms with Crippen LogP contribution in [0.25, 0.3) is 10.9 Å². The fourth-order valence-corrected chi connectivity index (χ4v) is 5.25. The highest BCUT2D eigenvalue weighted by atomic mass is 35.5. The number of aryl methyl sites for hydroxylation is 3. The quantitative estimate of drug-likeness (QED) is 0.279. The van der Waals surface area contributed by atoms with Crippen molar-refractivity contribution >= 4 is 22.5 Å². The molecule has 2 aromatic carbocycles. The molecule has 11 heteroatoms. The molecular formula is C28H26ClF2N5O3. The van der Waals surface area contributed by atoms with E-state index in [1.165, 1.54) is 30.1 Å². The molecule has 3 heterocycles. The zero-order chi connectivity index (χ0) is 28.1. The van der Waals surface area contributed by atoms with Crippen LogP contribution in [0, 0.1) is 13.8 Å². The summed E-state index contributed by atoms with van der Waals surface area (Å²) in [6.07, 6.45) is 1.78. The van der Waals surface area contributed by atoms with Gasteiger partial charge in [0.1, 0.15) is 5.76 Å². The minimum absolute atomic E-state index is 0.0751. The van der Waals surface area contributed by atoms with Crippen LogP contribution in [0.4, 0.5) is 8.78 Å². The van der Waals surface area contributed by atoms with Crippen molar-refractivity contribution in [3.05, 3.63) is 98.6 Å². The van der Waals surface area contributed by atoms with Crippen molar-refractivity contribution in [2.24, 2.45) is 7.05 Å². The van der Waals surface area contributed by atoms with Crippen molar-refractivity contribution in [1.82, 2.24) is 25.1 Å². The first-order valence-corrected chi connectivity index (χ1v) is 12.5. The number of pyridine rings is 1. The van der Waals surface area contributed by atoms with Crippen LogP contribution in [-0.4, -0.2) is 37.4 Å². The van der Waals surface area contributed by atoms with Crippen molar-refractivity contribution in [2.45, 2.75) is 38.7 Å². The lowest BCUT2D eigenvalue weighted by Gasteiger charge is -2.29. The van der Waals surface area contributed by atoms with Gasteiger partial charge < -0.3 is 14.4 Å². The lowest BCUT2D eigenvalue weighted by atomic mass is 9.82. The first kappa shape index (κ1) is 26.7. The van der Waals surface area contributed by atoms with Gasteiger partial charge in [0, 0.05) is 36.9 Å². The maximum absolute atomic E-state index is 13.7. The van der Waals surface area contributed by atoms with Crippen LogP contribution in [0.1, 0.15) is 51.9 Å². The highest BCUT2D eigenvalue weighted by Crippen LogP contribution is 2.42. The van der Waals surface area contributed by atoms with Crippen molar-refractivity contribution in [3.8, 4) is 5.88 Å². The second-order valence-corrected chi connectivity index (χ2v) is 9.94. The number of hydrogen-bond donors (Lipinski definition) is 1. The van der Waals surface area contributed by atoms with Crippen molar-refractivity contribution in [3.63, 3.8) is 0 Å². The third kappa shape index (κ3) is 4.53. The topological polar surface area (TPSA) is 99.1 Å². The highest BCUT2D eigenvalue weighted by molar-refractivity contribution is 6.36. The molecule has 0 radical (unpaired) electrons. The summed E-state index contributed by atoms with van der Waals surface area (Å²) in [5.74, 6) is -2.17. The summed E-state index contributed by atoms with van der Waals surface area (Å²) in [7, 11) is 3.18. The van der Waals surface area contributed by atoms with Crippen molar-refractivity contribution < 1.29 is 23.1 Å². The summed E-state index contributed by atoms with van der Waals surface area (Å²) >= 11 is 6.96. The van der Waals surface area contributed by atoms with E-state index >= 15 is 0 Å². The van der Waals surface area contributed by atoms with Gasteiger partial charge in [-0.25, -0.2) is 18.4 Å². The standard InChI is InChI=1S/C28H26ClF2N5O3/c1-15-24(16(2)39-34-15)28(37,23-14-32-35-36(23)4)19-10-11-22-20(13-19)25(29)21(26(33-22)38-5)12-17-6-8-18(9-7-17)27(3,30)31/h6-11,13-14,37H,12H2,1-5H3. The average molecular weight is 554 g/mol. The summed E-state index contributed by atoms with van der Waals surface area (Å²) in [5, 5.41) is 25.3. The van der Waals surface area contributed by atoms with E-state index in [4.69, 9.17) is 20.9 Å². The van der Waals surface area contributed by atoms with Gasteiger partial charge in [-0.05, 0) is 37.1 Å². The Labute approximate surface area is 228 Å². The van der Waals surface area contributed by atoms with Crippen LogP contribution in [0.5, 0.6) is 5.88 Å². The molecule has 0 spiro atoms. The largest absolute Gasteiger partial charge is 0.481 e. The second kappa shape index (κ2) is 9.69. The fourth-order valence-electron chi connectivity index (χ4n) is 4.95. The SMILES string of the molecule is COc1nc2ccc(C(O)(c3c(C)noc3C)c3cnnn3C)cc2c(Cl)c1Cc1ccc(C(C)(F)F)cc1. The number of aliphatic hydroxyl groups is 1. The van der Waals surface area contributed by atoms with E-state index in [1.54, 1.807) is 51.2 Å². The first-order chi connectivity index (χ1) is 18.4. The minimum atomic E-state index is -2.93. The number of hydrogen-bond acceptors (Lipinski definition) is 7. The molecule has 0 saturated carbocycles. The van der Waals surface area contributed by atoms with E-state index in [0.717, 1.165) is 12.5 Å². The Bertz CT molecular complexity index is 1660. The number of aromatic nitrogens is 5. The van der Waals surface area contributed by atoms with Crippen LogP contribution < -0.4 is 4.74 Å². The molecular weight excluding hydrogens is 528 g/mol. The Balaban J connectivity index is 1.68. The summed E-state index contributed by atoms with van der Waals surface area (Å²) in [6.45, 7) is 4.33. The van der Waals surface area contributed by atoms with E-state index in [9.17, 15) is 13.9 Å². The zero-order valence-electron chi connectivity index (χ0n) is 22.0. The Morgan fingerprint density at radius 1 is 1.10 bits per heavy atom. The highest BCUT2D eigenvalue weighted by Gasteiger charge is 2.42. The molecule has 202 valence electrons. The summed E-state index contributed by atoms with van der Waals surface area (Å²) < 4.78 is 39.8. The molecule has 0 aliphatic rings. The Hall–Kier alpha value is -3.89. The van der Waals surface area contributed by atoms with Gasteiger partial charge in [0.05, 0.1) is 40.8 Å². The first-order valence-electron chi connectivity index (χ1n) is 12.1. The molecule has 0 saturated heterocycles. The number of fused-ring (bicyclic) bond motifs is 1. The van der Waals surface area contributed by atoms with Crippen molar-refractivity contribution in [1.29, 1.82) is 0 Å². The number of benzene rings is 2. The number of rotatable bonds is 7. The minimum Gasteiger partial charge on any atom is -0.481 e. The van der Waals surface area contributed by atoms with Gasteiger partial charge in [-0.1, -0.05) is 52.3 Å². The third-order valence-corrected chi connectivity index (χ3v) is 7.34. The summed E-state index contributed by atoms with van der Waals surface area (Å²) in [6, 6.07) is 11.3. The van der Waals surface area contributed by atoms with Crippen molar-refractivity contribution in [2.75, 3.05) is 7.11 Å². The van der Waals surface area contributed by atoms with Crippen LogP contribution >= 0.6 is 11.6 Å². The number of alkyl halides is 2. The third-order valence-electron chi connectivity index (χ3n) is 6.91. The van der Waals surface area contributed by atoms with E-state index < -0.39 is 11.5 Å². The molecule has 0 aliphatic heterocycles. The second-order valence-electron chi connectivity index (χ2n) is 9.56. The Kier molecular flexibility index (Phi) is 6.64. The molecule has 8 nitrogen and oxygen atoms in total. The number of methoxy groups -OCH3 is 1. The lowest BCUT2D eigenvalue weighted by molar-refractivity contribution is 0.0174. The number of halogens is 3. The van der Waals surface area contributed by atoms with Gasteiger partial charge in [-0.2, -0.15) is 0 Å². The normalized spacial score (nSPS) is 13.6. The van der Waals surface area contributed by atoms with Gasteiger partial charge >= 0.3 is 0 Å². The van der Waals surface area contributed by atoms with Gasteiger partial charge in [0.15, 0.2) is 5.60 Å². The molecule has 1 N–H and O–H groups in total. The van der Waals surface area contributed by atoms with Crippen LogP contribution in [0.15, 0.2) is 53.2 Å². The number of ether oxygens (including phenoxy) is 1. The van der Waals surface area contributed by atoms with Gasteiger partial charge in [0.25, 0.3) is 5.92 Å². The Morgan fingerprint density at radius 3 is 2.36 bits per heavy atom. The predicted octanol–water partition coefficient (Wildman–Crippen LogP) is 5.62. The fraction of sp³-hybridized carbons (Fsp3) is 0.286. The molecule has 0 bridgehead atoms. The molecule has 5 aromatic rings. The van der Waals surface area contributed by atoms with E-state index in [1.807, 2.05) is 0 Å². The summed E-state index contributed by atoms with van der Waals surface area (Å²) in [5.41, 5.74) is 1.96. The molecule has 1 atom stereocenters. The predicted molar refractivity (Wildman–Crippen MR) is 141 cm³/mol. The molecule has 39 heavy (non-hydrogen) atoms. The average Bonchev–Trinajstić information content (AvgIpc) is 3.49.